The van der Waals surface area contributed by atoms with E-state index in [0.29, 0.717) is 18.9 Å². The highest BCUT2D eigenvalue weighted by molar-refractivity contribution is 14.0. The first-order valence-electron chi connectivity index (χ1n) is 10.0. The molecule has 0 aliphatic carbocycles. The number of nitrogens with zero attached hydrogens (tertiary/aromatic N) is 3. The van der Waals surface area contributed by atoms with Crippen molar-refractivity contribution in [1.82, 2.24) is 10.2 Å². The van der Waals surface area contributed by atoms with Crippen LogP contribution in [0, 0.1) is 0 Å². The average Bonchev–Trinajstić information content (AvgIpc) is 2.76. The quantitative estimate of drug-likeness (QED) is 0.250. The Hall–Kier alpha value is -2.36. The molecule has 0 spiro atoms. The number of aromatic hydroxyl groups is 1. The van der Waals surface area contributed by atoms with Gasteiger partial charge in [0.1, 0.15) is 23.9 Å². The molecule has 164 valence electrons. The third kappa shape index (κ3) is 6.58. The summed E-state index contributed by atoms with van der Waals surface area (Å²) >= 11 is 0. The number of rotatable bonds is 7. The minimum absolute atomic E-state index is 0. The molecule has 8 heteroatoms. The van der Waals surface area contributed by atoms with Gasteiger partial charge in [-0.1, -0.05) is 18.2 Å². The molecular formula is C22H31IN4O3. The molecule has 1 fully saturated rings. The van der Waals surface area contributed by atoms with Crippen LogP contribution in [0.3, 0.4) is 0 Å². The van der Waals surface area contributed by atoms with Crippen LogP contribution in [0.25, 0.3) is 0 Å². The molecule has 0 radical (unpaired) electrons. The predicted octanol–water partition coefficient (Wildman–Crippen LogP) is 3.19. The number of para-hydroxylation sites is 2. The van der Waals surface area contributed by atoms with Gasteiger partial charge in [0.2, 0.25) is 0 Å². The molecule has 0 bridgehead atoms. The van der Waals surface area contributed by atoms with Gasteiger partial charge >= 0.3 is 0 Å². The summed E-state index contributed by atoms with van der Waals surface area (Å²) in [6.45, 7) is 7.31. The molecule has 0 unspecified atom stereocenters. The van der Waals surface area contributed by atoms with Crippen molar-refractivity contribution in [1.29, 1.82) is 0 Å². The van der Waals surface area contributed by atoms with E-state index < -0.39 is 0 Å². The van der Waals surface area contributed by atoms with Gasteiger partial charge in [0.05, 0.1) is 19.3 Å². The second kappa shape index (κ2) is 12.4. The van der Waals surface area contributed by atoms with Gasteiger partial charge in [-0.2, -0.15) is 0 Å². The third-order valence-corrected chi connectivity index (χ3v) is 4.80. The van der Waals surface area contributed by atoms with E-state index >= 15 is 0 Å². The summed E-state index contributed by atoms with van der Waals surface area (Å²) in [7, 11) is 1.64. The number of phenolic OH excluding ortho intramolecular Hbond substituents is 1. The SMILES string of the molecule is CCNC(=NCCOc1cccc(OC)c1)N1CCN(c2ccccc2O)CC1.I. The lowest BCUT2D eigenvalue weighted by molar-refractivity contribution is 0.322. The first-order valence-corrected chi connectivity index (χ1v) is 10.0. The molecule has 2 aromatic carbocycles. The molecule has 1 aliphatic rings. The molecule has 0 aromatic heterocycles. The van der Waals surface area contributed by atoms with Crippen LogP contribution >= 0.6 is 24.0 Å². The van der Waals surface area contributed by atoms with E-state index in [0.717, 1.165) is 55.9 Å². The lowest BCUT2D eigenvalue weighted by Gasteiger charge is -2.37. The van der Waals surface area contributed by atoms with Crippen molar-refractivity contribution in [3.8, 4) is 17.2 Å². The molecule has 0 saturated carbocycles. The van der Waals surface area contributed by atoms with E-state index in [2.05, 4.69) is 22.0 Å². The number of methoxy groups -OCH3 is 1. The Morgan fingerprint density at radius 3 is 2.50 bits per heavy atom. The van der Waals surface area contributed by atoms with Gasteiger partial charge in [-0.05, 0) is 31.2 Å². The highest BCUT2D eigenvalue weighted by Gasteiger charge is 2.21. The number of ether oxygens (including phenoxy) is 2. The maximum Gasteiger partial charge on any atom is 0.194 e. The van der Waals surface area contributed by atoms with Crippen molar-refractivity contribution in [2.24, 2.45) is 4.99 Å². The van der Waals surface area contributed by atoms with Crippen LogP contribution in [0.2, 0.25) is 0 Å². The molecule has 0 atom stereocenters. The number of piperazine rings is 1. The van der Waals surface area contributed by atoms with Gasteiger partial charge in [0.25, 0.3) is 0 Å². The first kappa shape index (κ1) is 23.9. The van der Waals surface area contributed by atoms with Crippen LogP contribution in [0.5, 0.6) is 17.2 Å². The molecule has 3 rings (SSSR count). The molecule has 7 nitrogen and oxygen atoms in total. The normalized spacial score (nSPS) is 14.1. The van der Waals surface area contributed by atoms with E-state index in [4.69, 9.17) is 14.5 Å². The number of benzene rings is 2. The number of phenols is 1. The second-order valence-electron chi connectivity index (χ2n) is 6.73. The Labute approximate surface area is 195 Å². The van der Waals surface area contributed by atoms with Crippen LogP contribution in [0.1, 0.15) is 6.92 Å². The van der Waals surface area contributed by atoms with Gasteiger partial charge in [-0.3, -0.25) is 0 Å². The number of hydrogen-bond donors (Lipinski definition) is 2. The van der Waals surface area contributed by atoms with Crippen molar-refractivity contribution in [3.05, 3.63) is 48.5 Å². The third-order valence-electron chi connectivity index (χ3n) is 4.80. The zero-order valence-electron chi connectivity index (χ0n) is 17.6. The Kier molecular flexibility index (Phi) is 9.85. The Morgan fingerprint density at radius 2 is 1.80 bits per heavy atom. The van der Waals surface area contributed by atoms with E-state index in [1.165, 1.54) is 0 Å². The lowest BCUT2D eigenvalue weighted by atomic mass is 10.2. The summed E-state index contributed by atoms with van der Waals surface area (Å²) in [5.41, 5.74) is 0.890. The van der Waals surface area contributed by atoms with Crippen LogP contribution in [-0.2, 0) is 0 Å². The number of halogens is 1. The van der Waals surface area contributed by atoms with Crippen LogP contribution in [-0.4, -0.2) is 69.0 Å². The Bertz CT molecular complexity index is 810. The smallest absolute Gasteiger partial charge is 0.194 e. The van der Waals surface area contributed by atoms with Crippen LogP contribution < -0.4 is 19.7 Å². The number of guanidine groups is 1. The molecule has 2 N–H and O–H groups in total. The van der Waals surface area contributed by atoms with Crippen molar-refractivity contribution in [2.75, 3.05) is 57.9 Å². The zero-order chi connectivity index (χ0) is 20.5. The second-order valence-corrected chi connectivity index (χ2v) is 6.73. The number of nitrogens with one attached hydrogen (secondary N) is 1. The summed E-state index contributed by atoms with van der Waals surface area (Å²) in [5.74, 6) is 2.79. The van der Waals surface area contributed by atoms with Gasteiger partial charge in [-0.15, -0.1) is 24.0 Å². The summed E-state index contributed by atoms with van der Waals surface area (Å²) in [4.78, 5) is 9.18. The minimum Gasteiger partial charge on any atom is -0.506 e. The number of aliphatic imine (C=N–C) groups is 1. The topological polar surface area (TPSA) is 69.6 Å². The fourth-order valence-electron chi connectivity index (χ4n) is 3.32. The summed E-state index contributed by atoms with van der Waals surface area (Å²) < 4.78 is 11.0. The van der Waals surface area contributed by atoms with Crippen molar-refractivity contribution >= 4 is 35.6 Å². The molecule has 1 aliphatic heterocycles. The molecule has 1 heterocycles. The van der Waals surface area contributed by atoms with Crippen molar-refractivity contribution in [3.63, 3.8) is 0 Å². The Balaban J connectivity index is 0.00000320. The van der Waals surface area contributed by atoms with Crippen molar-refractivity contribution < 1.29 is 14.6 Å². The molecule has 2 aromatic rings. The largest absolute Gasteiger partial charge is 0.506 e. The summed E-state index contributed by atoms with van der Waals surface area (Å²) in [6.07, 6.45) is 0. The van der Waals surface area contributed by atoms with Crippen molar-refractivity contribution in [2.45, 2.75) is 6.92 Å². The first-order chi connectivity index (χ1) is 14.2. The fraction of sp³-hybridized carbons (Fsp3) is 0.409. The van der Waals surface area contributed by atoms with Crippen LogP contribution in [0.15, 0.2) is 53.5 Å². The Morgan fingerprint density at radius 1 is 1.07 bits per heavy atom. The minimum atomic E-state index is 0. The maximum atomic E-state index is 10.1. The summed E-state index contributed by atoms with van der Waals surface area (Å²) in [5, 5.41) is 13.4. The molecule has 30 heavy (non-hydrogen) atoms. The number of anilines is 1. The standard InChI is InChI=1S/C22H30N4O3.HI/c1-3-23-22(24-11-16-29-19-8-6-7-18(17-19)28-2)26-14-12-25(13-15-26)20-9-4-5-10-21(20)27;/h4-10,17,27H,3,11-16H2,1-2H3,(H,23,24);1H. The van der Waals surface area contributed by atoms with E-state index in [9.17, 15) is 5.11 Å². The fourth-order valence-corrected chi connectivity index (χ4v) is 3.32. The average molecular weight is 526 g/mol. The highest BCUT2D eigenvalue weighted by atomic mass is 127. The molecule has 0 amide bonds. The monoisotopic (exact) mass is 526 g/mol. The van der Waals surface area contributed by atoms with Gasteiger partial charge in [0, 0.05) is 38.8 Å². The van der Waals surface area contributed by atoms with Gasteiger partial charge in [0.15, 0.2) is 5.96 Å². The maximum absolute atomic E-state index is 10.1. The highest BCUT2D eigenvalue weighted by Crippen LogP contribution is 2.27. The number of hydrogen-bond acceptors (Lipinski definition) is 5. The van der Waals surface area contributed by atoms with Crippen LogP contribution in [0.4, 0.5) is 5.69 Å². The molecular weight excluding hydrogens is 495 g/mol. The lowest BCUT2D eigenvalue weighted by Crippen LogP contribution is -2.52. The van der Waals surface area contributed by atoms with Gasteiger partial charge in [-0.25, -0.2) is 4.99 Å². The summed E-state index contributed by atoms with van der Waals surface area (Å²) in [6, 6.07) is 15.1. The predicted molar refractivity (Wildman–Crippen MR) is 132 cm³/mol. The van der Waals surface area contributed by atoms with E-state index in [1.807, 2.05) is 42.5 Å². The van der Waals surface area contributed by atoms with E-state index in [1.54, 1.807) is 13.2 Å². The molecule has 1 saturated heterocycles. The zero-order valence-corrected chi connectivity index (χ0v) is 19.9. The van der Waals surface area contributed by atoms with E-state index in [-0.39, 0.29) is 24.0 Å². The van der Waals surface area contributed by atoms with Gasteiger partial charge < -0.3 is 29.7 Å².